The molecule has 1 atom stereocenters. The molecule has 1 saturated carbocycles. The van der Waals surface area contributed by atoms with Crippen molar-refractivity contribution in [2.45, 2.75) is 64.1 Å². The van der Waals surface area contributed by atoms with Crippen molar-refractivity contribution in [3.63, 3.8) is 0 Å². The van der Waals surface area contributed by atoms with E-state index in [1.165, 1.54) is 23.5 Å². The molecule has 1 fully saturated rings. The highest BCUT2D eigenvalue weighted by Gasteiger charge is 2.31. The number of nitrogens with zero attached hydrogens (tertiary/aromatic N) is 1. The molecular weight excluding hydrogens is 466 g/mol. The molecule has 1 N–H and O–H groups in total. The number of para-hydroxylation sites is 1. The van der Waals surface area contributed by atoms with Gasteiger partial charge in [0.05, 0.1) is 0 Å². The van der Waals surface area contributed by atoms with Gasteiger partial charge < -0.3 is 15.0 Å². The monoisotopic (exact) mass is 494 g/mol. The Morgan fingerprint density at radius 2 is 1.76 bits per heavy atom. The van der Waals surface area contributed by atoms with Gasteiger partial charge in [0.1, 0.15) is 6.04 Å². The molecule has 33 heavy (non-hydrogen) atoms. The standard InChI is InChI=1S/C25H29Cl2FN2O3/c1-2-22(25(32)29-17-9-4-3-5-10-17)30(15-18-19(26)11-8-12-20(18)27)24(31)16-33-23-14-7-6-13-21(23)28/h6-8,11-14,17,22H,2-5,9-10,15-16H2,1H3,(H,29,32)/t22-/m1/s1. The number of halogens is 3. The number of hydrogen-bond acceptors (Lipinski definition) is 3. The smallest absolute Gasteiger partial charge is 0.261 e. The van der Waals surface area contributed by atoms with Crippen molar-refractivity contribution in [1.29, 1.82) is 0 Å². The molecule has 2 aromatic rings. The first-order chi connectivity index (χ1) is 15.9. The van der Waals surface area contributed by atoms with E-state index in [0.717, 1.165) is 25.7 Å². The van der Waals surface area contributed by atoms with E-state index < -0.39 is 24.4 Å². The van der Waals surface area contributed by atoms with Gasteiger partial charge in [-0.3, -0.25) is 9.59 Å². The summed E-state index contributed by atoms with van der Waals surface area (Å²) in [5, 5.41) is 3.91. The Morgan fingerprint density at radius 3 is 2.39 bits per heavy atom. The minimum Gasteiger partial charge on any atom is -0.481 e. The van der Waals surface area contributed by atoms with Crippen LogP contribution in [-0.2, 0) is 16.1 Å². The molecule has 0 radical (unpaired) electrons. The number of rotatable bonds is 9. The second-order valence-corrected chi connectivity index (χ2v) is 9.02. The predicted octanol–water partition coefficient (Wildman–Crippen LogP) is 5.77. The third-order valence-corrected chi connectivity index (χ3v) is 6.62. The van der Waals surface area contributed by atoms with Gasteiger partial charge in [0, 0.05) is 28.2 Å². The van der Waals surface area contributed by atoms with Gasteiger partial charge in [-0.15, -0.1) is 0 Å². The summed E-state index contributed by atoms with van der Waals surface area (Å²) in [5.41, 5.74) is 0.545. The molecule has 0 bridgehead atoms. The van der Waals surface area contributed by atoms with Crippen molar-refractivity contribution in [3.8, 4) is 5.75 Å². The number of carbonyl (C=O) groups is 2. The maximum Gasteiger partial charge on any atom is 0.261 e. The van der Waals surface area contributed by atoms with E-state index in [1.54, 1.807) is 30.3 Å². The highest BCUT2D eigenvalue weighted by Crippen LogP contribution is 2.27. The summed E-state index contributed by atoms with van der Waals surface area (Å²) in [4.78, 5) is 27.9. The Kier molecular flexibility index (Phi) is 9.39. The van der Waals surface area contributed by atoms with Crippen LogP contribution in [0.15, 0.2) is 42.5 Å². The summed E-state index contributed by atoms with van der Waals surface area (Å²) in [6.45, 7) is 1.46. The second-order valence-electron chi connectivity index (χ2n) is 8.21. The quantitative estimate of drug-likeness (QED) is 0.481. The van der Waals surface area contributed by atoms with E-state index in [2.05, 4.69) is 5.32 Å². The van der Waals surface area contributed by atoms with Gasteiger partial charge in [-0.1, -0.05) is 67.6 Å². The molecule has 1 aliphatic rings. The number of carbonyl (C=O) groups excluding carboxylic acids is 2. The first-order valence-corrected chi connectivity index (χ1v) is 12.1. The first-order valence-electron chi connectivity index (χ1n) is 11.3. The van der Waals surface area contributed by atoms with Crippen LogP contribution in [0.2, 0.25) is 10.0 Å². The van der Waals surface area contributed by atoms with Crippen molar-refractivity contribution in [2.75, 3.05) is 6.61 Å². The van der Waals surface area contributed by atoms with Crippen molar-refractivity contribution in [3.05, 3.63) is 63.9 Å². The molecule has 0 unspecified atom stereocenters. The molecule has 178 valence electrons. The van der Waals surface area contributed by atoms with Gasteiger partial charge in [-0.2, -0.15) is 0 Å². The molecule has 2 amide bonds. The van der Waals surface area contributed by atoms with E-state index in [4.69, 9.17) is 27.9 Å². The fourth-order valence-electron chi connectivity index (χ4n) is 4.10. The summed E-state index contributed by atoms with van der Waals surface area (Å²) in [5.74, 6) is -1.26. The number of benzene rings is 2. The zero-order valence-corrected chi connectivity index (χ0v) is 20.2. The molecule has 3 rings (SSSR count). The van der Waals surface area contributed by atoms with Gasteiger partial charge in [0.25, 0.3) is 5.91 Å². The van der Waals surface area contributed by atoms with Crippen LogP contribution in [0, 0.1) is 5.82 Å². The largest absolute Gasteiger partial charge is 0.481 e. The molecule has 0 aliphatic heterocycles. The van der Waals surface area contributed by atoms with Crippen molar-refractivity contribution in [2.24, 2.45) is 0 Å². The zero-order chi connectivity index (χ0) is 23.8. The Labute approximate surface area is 204 Å². The van der Waals surface area contributed by atoms with Crippen molar-refractivity contribution < 1.29 is 18.7 Å². The van der Waals surface area contributed by atoms with Gasteiger partial charge in [0.15, 0.2) is 18.2 Å². The molecule has 8 heteroatoms. The minimum atomic E-state index is -0.740. The summed E-state index contributed by atoms with van der Waals surface area (Å²) in [6.07, 6.45) is 5.59. The lowest BCUT2D eigenvalue weighted by Gasteiger charge is -2.33. The predicted molar refractivity (Wildman–Crippen MR) is 128 cm³/mol. The number of hydrogen-bond donors (Lipinski definition) is 1. The molecule has 2 aromatic carbocycles. The number of amides is 2. The average Bonchev–Trinajstić information content (AvgIpc) is 2.80. The molecule has 5 nitrogen and oxygen atoms in total. The maximum absolute atomic E-state index is 14.0. The summed E-state index contributed by atoms with van der Waals surface area (Å²) in [6, 6.07) is 10.3. The van der Waals surface area contributed by atoms with E-state index in [-0.39, 0.29) is 24.2 Å². The van der Waals surface area contributed by atoms with Gasteiger partial charge in [-0.05, 0) is 43.5 Å². The van der Waals surface area contributed by atoms with E-state index in [1.807, 2.05) is 6.92 Å². The molecule has 0 spiro atoms. The van der Waals surface area contributed by atoms with Crippen LogP contribution in [0.3, 0.4) is 0 Å². The Bertz CT molecular complexity index is 946. The SMILES string of the molecule is CC[C@H](C(=O)NC1CCCCC1)N(Cc1c(Cl)cccc1Cl)C(=O)COc1ccccc1F. The van der Waals surface area contributed by atoms with E-state index in [9.17, 15) is 14.0 Å². The van der Waals surface area contributed by atoms with Crippen molar-refractivity contribution >= 4 is 35.0 Å². The lowest BCUT2D eigenvalue weighted by molar-refractivity contribution is -0.143. The van der Waals surface area contributed by atoms with Crippen molar-refractivity contribution in [1.82, 2.24) is 10.2 Å². The fourth-order valence-corrected chi connectivity index (χ4v) is 4.62. The van der Waals surface area contributed by atoms with Crippen LogP contribution in [0.1, 0.15) is 51.0 Å². The van der Waals surface area contributed by atoms with Crippen LogP contribution in [0.5, 0.6) is 5.75 Å². The average molecular weight is 495 g/mol. The summed E-state index contributed by atoms with van der Waals surface area (Å²) >= 11 is 12.7. The summed E-state index contributed by atoms with van der Waals surface area (Å²) in [7, 11) is 0. The maximum atomic E-state index is 14.0. The minimum absolute atomic E-state index is 0.0266. The van der Waals surface area contributed by atoms with Crippen LogP contribution in [0.4, 0.5) is 4.39 Å². The number of ether oxygens (including phenoxy) is 1. The highest BCUT2D eigenvalue weighted by molar-refractivity contribution is 6.36. The Balaban J connectivity index is 1.81. The van der Waals surface area contributed by atoms with Crippen LogP contribution >= 0.6 is 23.2 Å². The second kappa shape index (κ2) is 12.2. The van der Waals surface area contributed by atoms with Crippen LogP contribution in [-0.4, -0.2) is 35.4 Å². The first kappa shape index (κ1) is 25.3. The topological polar surface area (TPSA) is 58.6 Å². The molecule has 0 heterocycles. The fraction of sp³-hybridized carbons (Fsp3) is 0.440. The Hall–Kier alpha value is -2.31. The lowest BCUT2D eigenvalue weighted by Crippen LogP contribution is -2.52. The van der Waals surface area contributed by atoms with Gasteiger partial charge in [-0.25, -0.2) is 4.39 Å². The number of nitrogens with one attached hydrogen (secondary N) is 1. The highest BCUT2D eigenvalue weighted by atomic mass is 35.5. The lowest BCUT2D eigenvalue weighted by atomic mass is 9.95. The Morgan fingerprint density at radius 1 is 1.09 bits per heavy atom. The molecule has 0 saturated heterocycles. The van der Waals surface area contributed by atoms with Crippen LogP contribution in [0.25, 0.3) is 0 Å². The molecular formula is C25H29Cl2FN2O3. The van der Waals surface area contributed by atoms with E-state index in [0.29, 0.717) is 22.0 Å². The van der Waals surface area contributed by atoms with E-state index >= 15 is 0 Å². The normalized spacial score (nSPS) is 15.0. The van der Waals surface area contributed by atoms with Crippen LogP contribution < -0.4 is 10.1 Å². The van der Waals surface area contributed by atoms with Gasteiger partial charge in [0.2, 0.25) is 5.91 Å². The molecule has 1 aliphatic carbocycles. The van der Waals surface area contributed by atoms with Gasteiger partial charge >= 0.3 is 0 Å². The third-order valence-electron chi connectivity index (χ3n) is 5.92. The third kappa shape index (κ3) is 6.84. The molecule has 0 aromatic heterocycles. The summed E-state index contributed by atoms with van der Waals surface area (Å²) < 4.78 is 19.4. The zero-order valence-electron chi connectivity index (χ0n) is 18.7.